The van der Waals surface area contributed by atoms with Crippen LogP contribution in [0.4, 0.5) is 5.69 Å². The number of hydrogen-bond acceptors (Lipinski definition) is 2. The highest BCUT2D eigenvalue weighted by molar-refractivity contribution is 6.29. The topological polar surface area (TPSA) is 42.0 Å². The number of halogens is 1. The van der Waals surface area contributed by atoms with Crippen LogP contribution in [0.5, 0.6) is 0 Å². The van der Waals surface area contributed by atoms with E-state index in [9.17, 15) is 4.79 Å². The van der Waals surface area contributed by atoms with Gasteiger partial charge in [-0.05, 0) is 43.2 Å². The first-order chi connectivity index (χ1) is 8.56. The van der Waals surface area contributed by atoms with Crippen molar-refractivity contribution in [3.8, 4) is 0 Å². The molecule has 2 aromatic rings. The van der Waals surface area contributed by atoms with Gasteiger partial charge in [0.1, 0.15) is 10.8 Å². The van der Waals surface area contributed by atoms with Gasteiger partial charge in [0.15, 0.2) is 0 Å². The van der Waals surface area contributed by atoms with E-state index >= 15 is 0 Å². The van der Waals surface area contributed by atoms with Crippen LogP contribution in [-0.2, 0) is 0 Å². The minimum Gasteiger partial charge on any atom is -0.320 e. The summed E-state index contributed by atoms with van der Waals surface area (Å²) in [6, 6.07) is 10.9. The number of benzene rings is 1. The lowest BCUT2D eigenvalue weighted by molar-refractivity contribution is 0.102. The van der Waals surface area contributed by atoms with Crippen molar-refractivity contribution < 1.29 is 4.79 Å². The molecule has 1 amide bonds. The van der Waals surface area contributed by atoms with Crippen LogP contribution in [-0.4, -0.2) is 10.9 Å². The molecule has 0 atom stereocenters. The monoisotopic (exact) mass is 260 g/mol. The smallest absolute Gasteiger partial charge is 0.274 e. The molecule has 0 aliphatic carbocycles. The van der Waals surface area contributed by atoms with Crippen molar-refractivity contribution in [2.75, 3.05) is 5.32 Å². The zero-order valence-corrected chi connectivity index (χ0v) is 11.0. The Morgan fingerprint density at radius 3 is 2.72 bits per heavy atom. The summed E-state index contributed by atoms with van der Waals surface area (Å²) in [7, 11) is 0. The van der Waals surface area contributed by atoms with E-state index in [2.05, 4.69) is 10.3 Å². The Bertz CT molecular complexity index is 596. The maximum Gasteiger partial charge on any atom is 0.274 e. The van der Waals surface area contributed by atoms with Crippen molar-refractivity contribution in [2.45, 2.75) is 13.8 Å². The minimum atomic E-state index is -0.258. The number of hydrogen-bond donors (Lipinski definition) is 1. The highest BCUT2D eigenvalue weighted by Crippen LogP contribution is 2.17. The number of anilines is 1. The molecule has 2 rings (SSSR count). The van der Waals surface area contributed by atoms with Crippen LogP contribution in [0.1, 0.15) is 21.6 Å². The van der Waals surface area contributed by atoms with E-state index in [4.69, 9.17) is 11.6 Å². The van der Waals surface area contributed by atoms with E-state index in [1.807, 2.05) is 32.0 Å². The van der Waals surface area contributed by atoms with Crippen LogP contribution in [0.25, 0.3) is 0 Å². The van der Waals surface area contributed by atoms with Crippen molar-refractivity contribution in [1.82, 2.24) is 4.98 Å². The fraction of sp³-hybridized carbons (Fsp3) is 0.143. The van der Waals surface area contributed by atoms with Crippen LogP contribution in [0, 0.1) is 13.8 Å². The third-order valence-corrected chi connectivity index (χ3v) is 2.80. The van der Waals surface area contributed by atoms with Crippen molar-refractivity contribution >= 4 is 23.2 Å². The molecule has 1 heterocycles. The summed E-state index contributed by atoms with van der Waals surface area (Å²) in [6.45, 7) is 3.92. The number of carbonyl (C=O) groups is 1. The predicted octanol–water partition coefficient (Wildman–Crippen LogP) is 3.60. The minimum absolute atomic E-state index is 0.258. The molecule has 0 bridgehead atoms. The van der Waals surface area contributed by atoms with Crippen LogP contribution in [0.15, 0.2) is 36.4 Å². The van der Waals surface area contributed by atoms with E-state index < -0.39 is 0 Å². The molecule has 3 nitrogen and oxygen atoms in total. The summed E-state index contributed by atoms with van der Waals surface area (Å²) in [5.41, 5.74) is 3.20. The predicted molar refractivity (Wildman–Crippen MR) is 73.1 cm³/mol. The Balaban J connectivity index is 2.24. The number of carbonyl (C=O) groups excluding carboxylic acids is 1. The van der Waals surface area contributed by atoms with Crippen LogP contribution >= 0.6 is 11.6 Å². The van der Waals surface area contributed by atoms with Gasteiger partial charge in [0.2, 0.25) is 0 Å². The third-order valence-electron chi connectivity index (χ3n) is 2.59. The van der Waals surface area contributed by atoms with Gasteiger partial charge in [-0.1, -0.05) is 29.8 Å². The van der Waals surface area contributed by atoms with Gasteiger partial charge < -0.3 is 5.32 Å². The molecule has 0 aliphatic heterocycles. The van der Waals surface area contributed by atoms with E-state index in [1.165, 1.54) is 0 Å². The summed E-state index contributed by atoms with van der Waals surface area (Å²) in [4.78, 5) is 16.0. The average Bonchev–Trinajstić information content (AvgIpc) is 2.34. The van der Waals surface area contributed by atoms with Gasteiger partial charge in [0, 0.05) is 5.69 Å². The third kappa shape index (κ3) is 2.87. The number of amides is 1. The largest absolute Gasteiger partial charge is 0.320 e. The van der Waals surface area contributed by atoms with Gasteiger partial charge in [-0.25, -0.2) is 4.98 Å². The Hall–Kier alpha value is -1.87. The second-order valence-corrected chi connectivity index (χ2v) is 4.51. The van der Waals surface area contributed by atoms with E-state index in [1.54, 1.807) is 18.2 Å². The van der Waals surface area contributed by atoms with Gasteiger partial charge in [0.25, 0.3) is 5.91 Å². The maximum atomic E-state index is 12.0. The standard InChI is InChI=1S/C14H13ClN2O/c1-9-6-7-10(2)12(8-9)17-14(18)11-4-3-5-13(15)16-11/h3-8H,1-2H3,(H,17,18). The first-order valence-corrected chi connectivity index (χ1v) is 5.95. The fourth-order valence-electron chi connectivity index (χ4n) is 1.59. The highest BCUT2D eigenvalue weighted by atomic mass is 35.5. The van der Waals surface area contributed by atoms with Crippen LogP contribution in [0.2, 0.25) is 5.15 Å². The van der Waals surface area contributed by atoms with Gasteiger partial charge in [-0.15, -0.1) is 0 Å². The molecule has 92 valence electrons. The molecule has 0 radical (unpaired) electrons. The SMILES string of the molecule is Cc1ccc(C)c(NC(=O)c2cccc(Cl)n2)c1. The molecule has 0 fully saturated rings. The number of rotatable bonds is 2. The summed E-state index contributed by atoms with van der Waals surface area (Å²) in [6.07, 6.45) is 0. The lowest BCUT2D eigenvalue weighted by Gasteiger charge is -2.09. The van der Waals surface area contributed by atoms with Gasteiger partial charge >= 0.3 is 0 Å². The quantitative estimate of drug-likeness (QED) is 0.839. The Morgan fingerprint density at radius 1 is 1.22 bits per heavy atom. The Morgan fingerprint density at radius 2 is 2.00 bits per heavy atom. The molecule has 1 aromatic heterocycles. The second kappa shape index (κ2) is 5.19. The molecule has 1 N–H and O–H groups in total. The molecule has 0 spiro atoms. The summed E-state index contributed by atoms with van der Waals surface area (Å²) in [5, 5.41) is 3.14. The maximum absolute atomic E-state index is 12.0. The average molecular weight is 261 g/mol. The first kappa shape index (κ1) is 12.6. The second-order valence-electron chi connectivity index (χ2n) is 4.12. The zero-order chi connectivity index (χ0) is 13.1. The van der Waals surface area contributed by atoms with Crippen LogP contribution in [0.3, 0.4) is 0 Å². The fourth-order valence-corrected chi connectivity index (χ4v) is 1.76. The van der Waals surface area contributed by atoms with Gasteiger partial charge in [-0.3, -0.25) is 4.79 Å². The lowest BCUT2D eigenvalue weighted by atomic mass is 10.1. The van der Waals surface area contributed by atoms with E-state index in [0.29, 0.717) is 10.8 Å². The molecule has 0 saturated carbocycles. The van der Waals surface area contributed by atoms with Crippen molar-refractivity contribution in [3.05, 3.63) is 58.4 Å². The summed E-state index contributed by atoms with van der Waals surface area (Å²) in [5.74, 6) is -0.258. The molecule has 18 heavy (non-hydrogen) atoms. The van der Waals surface area contributed by atoms with Crippen molar-refractivity contribution in [2.24, 2.45) is 0 Å². The molecule has 0 aliphatic rings. The van der Waals surface area contributed by atoms with Gasteiger partial charge in [0.05, 0.1) is 0 Å². The molecule has 0 unspecified atom stereocenters. The number of aromatic nitrogens is 1. The number of pyridine rings is 1. The van der Waals surface area contributed by atoms with Crippen molar-refractivity contribution in [3.63, 3.8) is 0 Å². The molecule has 0 saturated heterocycles. The number of nitrogens with zero attached hydrogens (tertiary/aromatic N) is 1. The molecule has 4 heteroatoms. The van der Waals surface area contributed by atoms with E-state index in [0.717, 1.165) is 16.8 Å². The molecule has 1 aromatic carbocycles. The first-order valence-electron chi connectivity index (χ1n) is 5.57. The summed E-state index contributed by atoms with van der Waals surface area (Å²) < 4.78 is 0. The molecular formula is C14H13ClN2O. The summed E-state index contributed by atoms with van der Waals surface area (Å²) >= 11 is 5.76. The Labute approximate surface area is 111 Å². The zero-order valence-electron chi connectivity index (χ0n) is 10.2. The number of nitrogens with one attached hydrogen (secondary N) is 1. The highest BCUT2D eigenvalue weighted by Gasteiger charge is 2.09. The molecular weight excluding hydrogens is 248 g/mol. The number of aryl methyl sites for hydroxylation is 2. The normalized spacial score (nSPS) is 10.2. The van der Waals surface area contributed by atoms with E-state index in [-0.39, 0.29) is 5.91 Å². The lowest BCUT2D eigenvalue weighted by Crippen LogP contribution is -2.14. The van der Waals surface area contributed by atoms with Crippen LogP contribution < -0.4 is 5.32 Å². The Kier molecular flexibility index (Phi) is 3.63. The van der Waals surface area contributed by atoms with Crippen molar-refractivity contribution in [1.29, 1.82) is 0 Å². The van der Waals surface area contributed by atoms with Gasteiger partial charge in [-0.2, -0.15) is 0 Å².